The number of hydrogen-bond donors (Lipinski definition) is 1. The largest absolute Gasteiger partial charge is 0.331 e. The highest BCUT2D eigenvalue weighted by atomic mass is 16.2. The van der Waals surface area contributed by atoms with Crippen molar-refractivity contribution in [2.24, 2.45) is 0 Å². The van der Waals surface area contributed by atoms with Crippen molar-refractivity contribution in [3.8, 4) is 12.1 Å². The molecule has 2 amide bonds. The van der Waals surface area contributed by atoms with Gasteiger partial charge in [-0.2, -0.15) is 10.5 Å². The lowest BCUT2D eigenvalue weighted by Crippen LogP contribution is -2.27. The number of anilines is 1. The Hall–Kier alpha value is -2.53. The van der Waals surface area contributed by atoms with Crippen LogP contribution in [0.2, 0.25) is 0 Å². The molecule has 1 aromatic rings. The van der Waals surface area contributed by atoms with Crippen molar-refractivity contribution in [1.82, 2.24) is 4.90 Å². The molecule has 5 heteroatoms. The van der Waals surface area contributed by atoms with Gasteiger partial charge in [0.05, 0.1) is 11.1 Å². The van der Waals surface area contributed by atoms with Gasteiger partial charge in [0.15, 0.2) is 0 Å². The fraction of sp³-hybridized carbons (Fsp3) is 0.182. The predicted octanol–water partition coefficient (Wildman–Crippen LogP) is 1.52. The standard InChI is InChI=1S/C11H10N4O/c1-15(2)11(16)14-10-4-3-8(6-12)9(5-10)7-13/h3-5H,1-2H3,(H,14,16). The molecule has 0 atom stereocenters. The lowest BCUT2D eigenvalue weighted by Gasteiger charge is -2.12. The molecule has 1 aromatic carbocycles. The number of nitrogens with zero attached hydrogens (tertiary/aromatic N) is 3. The number of carbonyl (C=O) groups excluding carboxylic acids is 1. The fourth-order valence-electron chi connectivity index (χ4n) is 1.05. The van der Waals surface area contributed by atoms with Gasteiger partial charge in [-0.15, -0.1) is 0 Å². The van der Waals surface area contributed by atoms with Crippen LogP contribution < -0.4 is 5.32 Å². The zero-order valence-corrected chi connectivity index (χ0v) is 8.98. The van der Waals surface area contributed by atoms with E-state index in [4.69, 9.17) is 10.5 Å². The van der Waals surface area contributed by atoms with Crippen LogP contribution in [-0.4, -0.2) is 25.0 Å². The van der Waals surface area contributed by atoms with Gasteiger partial charge in [-0.25, -0.2) is 4.79 Å². The van der Waals surface area contributed by atoms with Crippen LogP contribution in [0.4, 0.5) is 10.5 Å². The van der Waals surface area contributed by atoms with Gasteiger partial charge in [-0.05, 0) is 18.2 Å². The van der Waals surface area contributed by atoms with Gasteiger partial charge in [0.2, 0.25) is 0 Å². The van der Waals surface area contributed by atoms with Crippen molar-refractivity contribution in [2.75, 3.05) is 19.4 Å². The molecule has 0 aromatic heterocycles. The molecule has 0 heterocycles. The van der Waals surface area contributed by atoms with Crippen molar-refractivity contribution < 1.29 is 4.79 Å². The number of benzene rings is 1. The summed E-state index contributed by atoms with van der Waals surface area (Å²) in [5.41, 5.74) is 1.04. The highest BCUT2D eigenvalue weighted by Gasteiger charge is 2.06. The third-order valence-corrected chi connectivity index (χ3v) is 1.92. The Kier molecular flexibility index (Phi) is 3.47. The maximum Gasteiger partial charge on any atom is 0.321 e. The Labute approximate surface area is 93.5 Å². The van der Waals surface area contributed by atoms with Gasteiger partial charge in [-0.1, -0.05) is 0 Å². The van der Waals surface area contributed by atoms with Crippen molar-refractivity contribution in [1.29, 1.82) is 10.5 Å². The van der Waals surface area contributed by atoms with Crippen molar-refractivity contribution in [3.05, 3.63) is 29.3 Å². The highest BCUT2D eigenvalue weighted by Crippen LogP contribution is 2.14. The molecule has 0 aliphatic rings. The normalized spacial score (nSPS) is 8.75. The number of nitrogens with one attached hydrogen (secondary N) is 1. The molecule has 0 aliphatic carbocycles. The van der Waals surface area contributed by atoms with E-state index in [1.165, 1.54) is 17.0 Å². The second-order valence-electron chi connectivity index (χ2n) is 3.31. The fourth-order valence-corrected chi connectivity index (χ4v) is 1.05. The van der Waals surface area contributed by atoms with E-state index in [9.17, 15) is 4.79 Å². The first-order valence-corrected chi connectivity index (χ1v) is 4.51. The van der Waals surface area contributed by atoms with Gasteiger partial charge in [0.1, 0.15) is 12.1 Å². The summed E-state index contributed by atoms with van der Waals surface area (Å²) in [4.78, 5) is 12.7. The minimum atomic E-state index is -0.284. The summed E-state index contributed by atoms with van der Waals surface area (Å²) >= 11 is 0. The van der Waals surface area contributed by atoms with Crippen LogP contribution >= 0.6 is 0 Å². The van der Waals surface area contributed by atoms with Crippen molar-refractivity contribution in [3.63, 3.8) is 0 Å². The summed E-state index contributed by atoms with van der Waals surface area (Å²) in [6, 6.07) is 8.08. The molecule has 16 heavy (non-hydrogen) atoms. The number of rotatable bonds is 1. The predicted molar refractivity (Wildman–Crippen MR) is 58.6 cm³/mol. The molecule has 0 aliphatic heterocycles. The molecule has 0 bridgehead atoms. The second kappa shape index (κ2) is 4.81. The first-order valence-electron chi connectivity index (χ1n) is 4.51. The van der Waals surface area contributed by atoms with E-state index in [1.807, 2.05) is 12.1 Å². The van der Waals surface area contributed by atoms with Gasteiger partial charge in [0, 0.05) is 19.8 Å². The van der Waals surface area contributed by atoms with E-state index >= 15 is 0 Å². The van der Waals surface area contributed by atoms with Crippen LogP contribution in [0, 0.1) is 22.7 Å². The minimum Gasteiger partial charge on any atom is -0.331 e. The molecule has 5 nitrogen and oxygen atoms in total. The average Bonchev–Trinajstić information content (AvgIpc) is 2.28. The number of nitriles is 2. The van der Waals surface area contributed by atoms with E-state index in [0.717, 1.165) is 0 Å². The van der Waals surface area contributed by atoms with Crippen LogP contribution in [0.1, 0.15) is 11.1 Å². The molecule has 0 unspecified atom stereocenters. The lowest BCUT2D eigenvalue weighted by atomic mass is 10.1. The first-order chi connectivity index (χ1) is 7.58. The molecule has 1 rings (SSSR count). The molecule has 0 saturated carbocycles. The average molecular weight is 214 g/mol. The molecule has 0 fully saturated rings. The summed E-state index contributed by atoms with van der Waals surface area (Å²) in [7, 11) is 3.23. The summed E-state index contributed by atoms with van der Waals surface area (Å²) in [5, 5.41) is 20.1. The van der Waals surface area contributed by atoms with Crippen LogP contribution in [0.25, 0.3) is 0 Å². The van der Waals surface area contributed by atoms with E-state index in [2.05, 4.69) is 5.32 Å². The molecule has 0 spiro atoms. The monoisotopic (exact) mass is 214 g/mol. The summed E-state index contributed by atoms with van der Waals surface area (Å²) in [6.45, 7) is 0. The third-order valence-electron chi connectivity index (χ3n) is 1.92. The topological polar surface area (TPSA) is 79.9 Å². The lowest BCUT2D eigenvalue weighted by molar-refractivity contribution is 0.230. The highest BCUT2D eigenvalue weighted by molar-refractivity contribution is 5.89. The van der Waals surface area contributed by atoms with Crippen LogP contribution in [0.5, 0.6) is 0 Å². The molecular weight excluding hydrogens is 204 g/mol. The smallest absolute Gasteiger partial charge is 0.321 e. The summed E-state index contributed by atoms with van der Waals surface area (Å²) in [5.74, 6) is 0. The Balaban J connectivity index is 2.98. The number of urea groups is 1. The SMILES string of the molecule is CN(C)C(=O)Nc1ccc(C#N)c(C#N)c1. The van der Waals surface area contributed by atoms with Crippen molar-refractivity contribution in [2.45, 2.75) is 0 Å². The van der Waals surface area contributed by atoms with E-state index < -0.39 is 0 Å². The maximum atomic E-state index is 11.3. The second-order valence-corrected chi connectivity index (χ2v) is 3.31. The van der Waals surface area contributed by atoms with Crippen LogP contribution in [0.15, 0.2) is 18.2 Å². The number of amides is 2. The molecule has 80 valence electrons. The zero-order valence-electron chi connectivity index (χ0n) is 8.98. The van der Waals surface area contributed by atoms with Gasteiger partial charge >= 0.3 is 6.03 Å². The van der Waals surface area contributed by atoms with Gasteiger partial charge in [0.25, 0.3) is 0 Å². The Morgan fingerprint density at radius 2 is 1.88 bits per heavy atom. The number of carbonyl (C=O) groups is 1. The van der Waals surface area contributed by atoms with Crippen LogP contribution in [-0.2, 0) is 0 Å². The molecule has 0 radical (unpaired) electrons. The Morgan fingerprint density at radius 1 is 1.25 bits per heavy atom. The number of hydrogen-bond acceptors (Lipinski definition) is 3. The quantitative estimate of drug-likeness (QED) is 0.769. The van der Waals surface area contributed by atoms with E-state index in [0.29, 0.717) is 11.3 Å². The Morgan fingerprint density at radius 3 is 2.38 bits per heavy atom. The van der Waals surface area contributed by atoms with E-state index in [-0.39, 0.29) is 11.6 Å². The Bertz CT molecular complexity index is 494. The molecular formula is C11H10N4O. The van der Waals surface area contributed by atoms with Gasteiger partial charge < -0.3 is 10.2 Å². The van der Waals surface area contributed by atoms with Gasteiger partial charge in [-0.3, -0.25) is 0 Å². The molecule has 0 saturated heterocycles. The van der Waals surface area contributed by atoms with Crippen LogP contribution in [0.3, 0.4) is 0 Å². The maximum absolute atomic E-state index is 11.3. The minimum absolute atomic E-state index is 0.249. The first kappa shape index (κ1) is 11.5. The van der Waals surface area contributed by atoms with Crippen molar-refractivity contribution >= 4 is 11.7 Å². The molecule has 1 N–H and O–H groups in total. The van der Waals surface area contributed by atoms with E-state index in [1.54, 1.807) is 20.2 Å². The summed E-state index contributed by atoms with van der Waals surface area (Å²) < 4.78 is 0. The third kappa shape index (κ3) is 2.49. The zero-order chi connectivity index (χ0) is 12.1. The summed E-state index contributed by atoms with van der Waals surface area (Å²) in [6.07, 6.45) is 0.